The summed E-state index contributed by atoms with van der Waals surface area (Å²) >= 11 is 0. The second-order valence-corrected chi connectivity index (χ2v) is 7.43. The van der Waals surface area contributed by atoms with Crippen molar-refractivity contribution in [2.45, 2.75) is 26.1 Å². The highest BCUT2D eigenvalue weighted by atomic mass is 19.4. The lowest BCUT2D eigenvalue weighted by Crippen LogP contribution is -2.27. The first kappa shape index (κ1) is 22.1. The van der Waals surface area contributed by atoms with Gasteiger partial charge in [0.2, 0.25) is 5.82 Å². The third kappa shape index (κ3) is 4.89. The van der Waals surface area contributed by atoms with E-state index in [9.17, 15) is 18.0 Å². The largest absolute Gasteiger partial charge is 0.451 e. The average molecular weight is 452 g/mol. The highest BCUT2D eigenvalue weighted by molar-refractivity contribution is 6.00. The third-order valence-electron chi connectivity index (χ3n) is 4.91. The molecule has 1 amide bonds. The minimum atomic E-state index is -4.63. The van der Waals surface area contributed by atoms with Crippen LogP contribution in [0.15, 0.2) is 67.3 Å². The smallest absolute Gasteiger partial charge is 0.345 e. The molecule has 10 heteroatoms. The second kappa shape index (κ2) is 8.81. The fraction of sp³-hybridized carbons (Fsp3) is 0.174. The number of carbonyl (C=O) groups is 1. The third-order valence-corrected chi connectivity index (χ3v) is 4.91. The summed E-state index contributed by atoms with van der Waals surface area (Å²) in [7, 11) is 0. The molecule has 0 aliphatic heterocycles. The number of nitrogens with zero attached hydrogens (tertiary/aromatic N) is 5. The molecule has 0 saturated heterocycles. The molecular weight excluding hydrogens is 433 g/mol. The summed E-state index contributed by atoms with van der Waals surface area (Å²) in [6, 6.07) is 12.2. The van der Waals surface area contributed by atoms with E-state index in [4.69, 9.17) is 0 Å². The normalized spacial score (nSPS) is 12.4. The van der Waals surface area contributed by atoms with Gasteiger partial charge < -0.3 is 5.32 Å². The van der Waals surface area contributed by atoms with Crippen molar-refractivity contribution in [3.63, 3.8) is 0 Å². The van der Waals surface area contributed by atoms with Crippen molar-refractivity contribution < 1.29 is 18.0 Å². The van der Waals surface area contributed by atoms with Crippen molar-refractivity contribution in [3.8, 4) is 17.1 Å². The zero-order valence-electron chi connectivity index (χ0n) is 17.7. The number of aryl methyl sites for hydroxylation is 1. The summed E-state index contributed by atoms with van der Waals surface area (Å²) in [6.07, 6.45) is 0.752. The molecule has 3 aromatic heterocycles. The minimum Gasteiger partial charge on any atom is -0.345 e. The molecule has 0 fully saturated rings. The molecule has 4 aromatic rings. The van der Waals surface area contributed by atoms with E-state index in [1.807, 2.05) is 43.3 Å². The summed E-state index contributed by atoms with van der Waals surface area (Å²) < 4.78 is 39.7. The molecule has 0 radical (unpaired) electrons. The van der Waals surface area contributed by atoms with E-state index >= 15 is 0 Å². The lowest BCUT2D eigenvalue weighted by molar-refractivity contribution is -0.145. The van der Waals surface area contributed by atoms with E-state index < -0.39 is 23.9 Å². The Labute approximate surface area is 187 Å². The highest BCUT2D eigenvalue weighted by Gasteiger charge is 2.34. The van der Waals surface area contributed by atoms with Gasteiger partial charge in [0.15, 0.2) is 5.82 Å². The van der Waals surface area contributed by atoms with E-state index in [-0.39, 0.29) is 0 Å². The number of alkyl halides is 3. The van der Waals surface area contributed by atoms with Gasteiger partial charge in [-0.05, 0) is 25.5 Å². The zero-order valence-corrected chi connectivity index (χ0v) is 17.7. The van der Waals surface area contributed by atoms with E-state index in [1.165, 1.54) is 4.68 Å². The SMILES string of the molecule is Cc1ccc(-n2cc(C(=O)N[C@H](C)c3cnc(C(F)(F)F)nc3)c(-c3ccccc3)n2)nc1. The molecule has 33 heavy (non-hydrogen) atoms. The highest BCUT2D eigenvalue weighted by Crippen LogP contribution is 2.27. The summed E-state index contributed by atoms with van der Waals surface area (Å²) in [5.74, 6) is -1.14. The number of aromatic nitrogens is 5. The van der Waals surface area contributed by atoms with Crippen LogP contribution in [0.3, 0.4) is 0 Å². The quantitative estimate of drug-likeness (QED) is 0.481. The lowest BCUT2D eigenvalue weighted by atomic mass is 10.1. The van der Waals surface area contributed by atoms with E-state index in [0.29, 0.717) is 22.6 Å². The maximum absolute atomic E-state index is 13.1. The van der Waals surface area contributed by atoms with Gasteiger partial charge in [0.05, 0.1) is 11.6 Å². The van der Waals surface area contributed by atoms with Crippen LogP contribution in [-0.4, -0.2) is 30.6 Å². The predicted molar refractivity (Wildman–Crippen MR) is 114 cm³/mol. The van der Waals surface area contributed by atoms with Crippen molar-refractivity contribution in [2.75, 3.05) is 0 Å². The van der Waals surface area contributed by atoms with Crippen LogP contribution in [0.4, 0.5) is 13.2 Å². The van der Waals surface area contributed by atoms with Gasteiger partial charge in [0.1, 0.15) is 5.69 Å². The number of nitrogens with one attached hydrogen (secondary N) is 1. The number of hydrogen-bond donors (Lipinski definition) is 1. The standard InChI is InChI=1S/C23H19F3N6O/c1-14-8-9-19(27-10-14)32-13-18(20(31-32)16-6-4-3-5-7-16)21(33)30-15(2)17-11-28-22(29-12-17)23(24,25)26/h3-13,15H,1-2H3,(H,30,33)/t15-/m1/s1. The van der Waals surface area contributed by atoms with Gasteiger partial charge in [-0.25, -0.2) is 19.6 Å². The van der Waals surface area contributed by atoms with Gasteiger partial charge in [-0.1, -0.05) is 36.4 Å². The van der Waals surface area contributed by atoms with Crippen LogP contribution in [0.2, 0.25) is 0 Å². The van der Waals surface area contributed by atoms with Crippen LogP contribution in [0, 0.1) is 6.92 Å². The average Bonchev–Trinajstić information content (AvgIpc) is 3.25. The molecule has 0 bridgehead atoms. The Hall–Kier alpha value is -4.08. The fourth-order valence-corrected chi connectivity index (χ4v) is 3.13. The monoisotopic (exact) mass is 452 g/mol. The molecule has 0 aliphatic rings. The van der Waals surface area contributed by atoms with Crippen molar-refractivity contribution in [1.82, 2.24) is 30.0 Å². The Bertz CT molecular complexity index is 1250. The Morgan fingerprint density at radius 2 is 1.70 bits per heavy atom. The zero-order chi connectivity index (χ0) is 23.6. The molecular formula is C23H19F3N6O. The fourth-order valence-electron chi connectivity index (χ4n) is 3.13. The van der Waals surface area contributed by atoms with Gasteiger partial charge in [0.25, 0.3) is 5.91 Å². The first-order valence-electron chi connectivity index (χ1n) is 10.0. The van der Waals surface area contributed by atoms with Crippen molar-refractivity contribution in [3.05, 3.63) is 89.8 Å². The topological polar surface area (TPSA) is 85.6 Å². The molecule has 0 aliphatic carbocycles. The number of hydrogen-bond acceptors (Lipinski definition) is 5. The molecule has 0 spiro atoms. The van der Waals surface area contributed by atoms with Gasteiger partial charge in [-0.3, -0.25) is 4.79 Å². The van der Waals surface area contributed by atoms with Gasteiger partial charge in [-0.15, -0.1) is 0 Å². The molecule has 1 atom stereocenters. The van der Waals surface area contributed by atoms with Crippen molar-refractivity contribution in [1.29, 1.82) is 0 Å². The molecule has 168 valence electrons. The number of rotatable bonds is 5. The maximum atomic E-state index is 13.1. The molecule has 3 heterocycles. The van der Waals surface area contributed by atoms with E-state index in [2.05, 4.69) is 25.4 Å². The Kier molecular flexibility index (Phi) is 5.91. The van der Waals surface area contributed by atoms with Crippen molar-refractivity contribution >= 4 is 5.91 Å². The number of halogens is 3. The molecule has 4 rings (SSSR count). The van der Waals surface area contributed by atoms with Gasteiger partial charge in [0, 0.05) is 35.9 Å². The first-order valence-corrected chi connectivity index (χ1v) is 10.0. The maximum Gasteiger partial charge on any atom is 0.451 e. The van der Waals surface area contributed by atoms with Crippen LogP contribution in [-0.2, 0) is 6.18 Å². The van der Waals surface area contributed by atoms with Crippen LogP contribution < -0.4 is 5.32 Å². The number of carbonyl (C=O) groups excluding carboxylic acids is 1. The summed E-state index contributed by atoms with van der Waals surface area (Å²) in [6.45, 7) is 3.55. The van der Waals surface area contributed by atoms with Gasteiger partial charge >= 0.3 is 6.18 Å². The Balaban J connectivity index is 1.64. The second-order valence-electron chi connectivity index (χ2n) is 7.43. The molecule has 7 nitrogen and oxygen atoms in total. The predicted octanol–water partition coefficient (Wildman–Crippen LogP) is 4.54. The van der Waals surface area contributed by atoms with Gasteiger partial charge in [-0.2, -0.15) is 18.3 Å². The molecule has 0 unspecified atom stereocenters. The van der Waals surface area contributed by atoms with Crippen LogP contribution in [0.1, 0.15) is 40.3 Å². The number of benzene rings is 1. The number of amides is 1. The van der Waals surface area contributed by atoms with Crippen LogP contribution >= 0.6 is 0 Å². The van der Waals surface area contributed by atoms with Crippen LogP contribution in [0.5, 0.6) is 0 Å². The van der Waals surface area contributed by atoms with E-state index in [0.717, 1.165) is 23.5 Å². The Morgan fingerprint density at radius 3 is 2.30 bits per heavy atom. The number of pyridine rings is 1. The van der Waals surface area contributed by atoms with Crippen LogP contribution in [0.25, 0.3) is 17.1 Å². The summed E-state index contributed by atoms with van der Waals surface area (Å²) in [5, 5.41) is 7.34. The minimum absolute atomic E-state index is 0.295. The lowest BCUT2D eigenvalue weighted by Gasteiger charge is -2.14. The Morgan fingerprint density at radius 1 is 1.00 bits per heavy atom. The molecule has 0 saturated carbocycles. The summed E-state index contributed by atoms with van der Waals surface area (Å²) in [4.78, 5) is 24.2. The first-order chi connectivity index (χ1) is 15.7. The van der Waals surface area contributed by atoms with Crippen molar-refractivity contribution in [2.24, 2.45) is 0 Å². The molecule has 1 aromatic carbocycles. The summed E-state index contributed by atoms with van der Waals surface area (Å²) in [5.41, 5.74) is 2.80. The van der Waals surface area contributed by atoms with E-state index in [1.54, 1.807) is 25.4 Å². The molecule has 1 N–H and O–H groups in total.